The number of benzene rings is 2. The van der Waals surface area contributed by atoms with Crippen LogP contribution in [0.4, 0.5) is 13.6 Å². The lowest BCUT2D eigenvalue weighted by Gasteiger charge is -2.23. The summed E-state index contributed by atoms with van der Waals surface area (Å²) in [5.41, 5.74) is 5.28. The van der Waals surface area contributed by atoms with E-state index in [-0.39, 0.29) is 24.5 Å². The fourth-order valence-corrected chi connectivity index (χ4v) is 6.18. The minimum Gasteiger partial charge on any atom is -0.467 e. The van der Waals surface area contributed by atoms with E-state index in [1.165, 1.54) is 19.2 Å². The number of pyridine rings is 1. The van der Waals surface area contributed by atoms with Crippen molar-refractivity contribution in [3.05, 3.63) is 77.1 Å². The van der Waals surface area contributed by atoms with Crippen molar-refractivity contribution >= 4 is 23.0 Å². The Kier molecular flexibility index (Phi) is 11.5. The molecule has 0 fully saturated rings. The van der Waals surface area contributed by atoms with Gasteiger partial charge in [0.1, 0.15) is 11.6 Å². The second-order valence-electron chi connectivity index (χ2n) is 14.6. The normalized spacial score (nSPS) is 12.9. The van der Waals surface area contributed by atoms with Gasteiger partial charge in [0.25, 0.3) is 6.43 Å². The molecule has 0 unspecified atom stereocenters. The van der Waals surface area contributed by atoms with Crippen LogP contribution in [0.5, 0.6) is 0 Å². The number of alkyl carbamates (subject to hydrolysis) is 1. The minimum atomic E-state index is -2.77. The third-order valence-corrected chi connectivity index (χ3v) is 8.43. The number of alkyl halides is 2. The lowest BCUT2D eigenvalue weighted by molar-refractivity contribution is -0.143. The van der Waals surface area contributed by atoms with E-state index in [9.17, 15) is 23.5 Å². The molecule has 0 spiro atoms. The van der Waals surface area contributed by atoms with E-state index in [0.29, 0.717) is 29.7 Å². The maximum absolute atomic E-state index is 14.3. The Labute approximate surface area is 287 Å². The number of amides is 1. The molecule has 1 amide bonds. The summed E-state index contributed by atoms with van der Waals surface area (Å²) in [6.07, 6.45) is -1.31. The number of nitrogens with zero attached hydrogens (tertiary/aromatic N) is 2. The number of carbonyl (C=O) groups excluding carboxylic acids is 2. The zero-order valence-corrected chi connectivity index (χ0v) is 30.0. The first-order valence-corrected chi connectivity index (χ1v) is 16.7. The third kappa shape index (κ3) is 8.84. The maximum atomic E-state index is 14.3. The van der Waals surface area contributed by atoms with E-state index in [0.717, 1.165) is 33.4 Å². The minimum absolute atomic E-state index is 0.0203. The second kappa shape index (κ2) is 15.1. The monoisotopic (exact) mass is 677 g/mol. The van der Waals surface area contributed by atoms with Crippen molar-refractivity contribution in [2.75, 3.05) is 13.7 Å². The molecule has 0 aliphatic rings. The van der Waals surface area contributed by atoms with Gasteiger partial charge in [0, 0.05) is 47.8 Å². The maximum Gasteiger partial charge on any atom is 0.408 e. The number of aliphatic hydroxyl groups excluding tert-OH is 1. The second-order valence-corrected chi connectivity index (χ2v) is 14.6. The van der Waals surface area contributed by atoms with Gasteiger partial charge in [-0.25, -0.2) is 18.4 Å². The van der Waals surface area contributed by atoms with Gasteiger partial charge in [-0.1, -0.05) is 45.9 Å². The van der Waals surface area contributed by atoms with Crippen molar-refractivity contribution in [2.45, 2.75) is 98.8 Å². The molecule has 1 atom stereocenters. The van der Waals surface area contributed by atoms with E-state index >= 15 is 0 Å². The van der Waals surface area contributed by atoms with E-state index in [1.54, 1.807) is 33.0 Å². The number of nitrogens with one attached hydrogen (secondary N) is 1. The highest BCUT2D eigenvalue weighted by Gasteiger charge is 2.29. The Balaban J connectivity index is 1.91. The third-order valence-electron chi connectivity index (χ3n) is 8.43. The quantitative estimate of drug-likeness (QED) is 0.146. The Hall–Kier alpha value is -4.31. The zero-order valence-electron chi connectivity index (χ0n) is 30.0. The van der Waals surface area contributed by atoms with Crippen molar-refractivity contribution in [1.29, 1.82) is 0 Å². The van der Waals surface area contributed by atoms with Crippen LogP contribution in [0.15, 0.2) is 54.7 Å². The lowest BCUT2D eigenvalue weighted by Crippen LogP contribution is -2.45. The van der Waals surface area contributed by atoms with Crippen molar-refractivity contribution in [1.82, 2.24) is 14.9 Å². The number of carbonyl (C=O) groups is 2. The number of methoxy groups -OCH3 is 1. The molecule has 0 bridgehead atoms. The van der Waals surface area contributed by atoms with Crippen LogP contribution in [0, 0.1) is 5.41 Å². The number of aryl methyl sites for hydroxylation is 1. The first-order chi connectivity index (χ1) is 23.0. The molecule has 0 radical (unpaired) electrons. The molecule has 0 aliphatic heterocycles. The molecule has 2 N–H and O–H groups in total. The SMILES string of the molecule is CCn1c(-c2cccnc2C(C)C)c(CC(C)(C)CO)c2cc(-c3cc(C[C@H](NC(=O)OC(C)(C)C)C(=O)OC)cc(C(F)F)c3)ccc21. The van der Waals surface area contributed by atoms with Crippen molar-refractivity contribution in [3.63, 3.8) is 0 Å². The molecule has 8 nitrogen and oxygen atoms in total. The van der Waals surface area contributed by atoms with Crippen LogP contribution in [0.3, 0.4) is 0 Å². The molecule has 0 saturated heterocycles. The van der Waals surface area contributed by atoms with Crippen LogP contribution >= 0.6 is 0 Å². The summed E-state index contributed by atoms with van der Waals surface area (Å²) < 4.78 is 41.1. The number of esters is 1. The fourth-order valence-electron chi connectivity index (χ4n) is 6.18. The van der Waals surface area contributed by atoms with Gasteiger partial charge >= 0.3 is 12.1 Å². The first-order valence-electron chi connectivity index (χ1n) is 16.7. The number of halogens is 2. The molecule has 10 heteroatoms. The van der Waals surface area contributed by atoms with Crippen LogP contribution in [-0.2, 0) is 33.7 Å². The standard InChI is InChI=1S/C39H49F2N3O5/c1-10-44-32-14-13-25(20-29(32)30(21-39(7,8)22-45)34(44)28-12-11-15-42-33(28)23(2)3)26-16-24(17-27(19-26)35(40)41)18-31(36(46)48-9)43-37(47)49-38(4,5)6/h11-17,19-20,23,31,35,45H,10,18,21-22H2,1-9H3,(H,43,47)/t31-/m0/s1. The average molecular weight is 678 g/mol. The summed E-state index contributed by atoms with van der Waals surface area (Å²) in [6, 6.07) is 13.4. The van der Waals surface area contributed by atoms with Gasteiger partial charge in [-0.05, 0) is 98.0 Å². The average Bonchev–Trinajstić information content (AvgIpc) is 3.34. The molecule has 4 aromatic rings. The number of hydrogen-bond donors (Lipinski definition) is 2. The van der Waals surface area contributed by atoms with Crippen molar-refractivity contribution in [3.8, 4) is 22.4 Å². The number of rotatable bonds is 12. The molecule has 0 saturated carbocycles. The molecule has 2 aromatic carbocycles. The van der Waals surface area contributed by atoms with Gasteiger partial charge in [0.05, 0.1) is 18.5 Å². The molecule has 4 rings (SSSR count). The van der Waals surface area contributed by atoms with Gasteiger partial charge in [-0.2, -0.15) is 0 Å². The molecule has 2 heterocycles. The van der Waals surface area contributed by atoms with Gasteiger partial charge < -0.3 is 24.5 Å². The summed E-state index contributed by atoms with van der Waals surface area (Å²) in [5, 5.41) is 13.8. The number of fused-ring (bicyclic) bond motifs is 1. The Bertz CT molecular complexity index is 1810. The molecule has 49 heavy (non-hydrogen) atoms. The van der Waals surface area contributed by atoms with Crippen LogP contribution in [0.25, 0.3) is 33.3 Å². The predicted molar refractivity (Wildman–Crippen MR) is 189 cm³/mol. The van der Waals surface area contributed by atoms with E-state index in [2.05, 4.69) is 36.7 Å². The summed E-state index contributed by atoms with van der Waals surface area (Å²) in [6.45, 7) is 16.1. The number of aliphatic hydroxyl groups is 1. The number of hydrogen-bond acceptors (Lipinski definition) is 6. The van der Waals surface area contributed by atoms with Crippen molar-refractivity contribution in [2.24, 2.45) is 5.41 Å². The predicted octanol–water partition coefficient (Wildman–Crippen LogP) is 8.62. The van der Waals surface area contributed by atoms with E-state index in [1.807, 2.05) is 38.1 Å². The highest BCUT2D eigenvalue weighted by molar-refractivity contribution is 5.95. The van der Waals surface area contributed by atoms with Gasteiger partial charge in [0.2, 0.25) is 0 Å². The van der Waals surface area contributed by atoms with E-state index < -0.39 is 35.5 Å². The number of ether oxygens (including phenoxy) is 2. The topological polar surface area (TPSA) is 103 Å². The van der Waals surface area contributed by atoms with Crippen LogP contribution in [0.2, 0.25) is 0 Å². The molecule has 264 valence electrons. The van der Waals surface area contributed by atoms with Crippen LogP contribution in [0.1, 0.15) is 90.1 Å². The van der Waals surface area contributed by atoms with Gasteiger partial charge in [-0.3, -0.25) is 4.98 Å². The first kappa shape index (κ1) is 37.5. The highest BCUT2D eigenvalue weighted by atomic mass is 19.3. The summed E-state index contributed by atoms with van der Waals surface area (Å²) in [7, 11) is 1.20. The van der Waals surface area contributed by atoms with E-state index in [4.69, 9.17) is 14.5 Å². The fraction of sp³-hybridized carbons (Fsp3) is 0.462. The summed E-state index contributed by atoms with van der Waals surface area (Å²) in [5.74, 6) is -0.556. The molecular formula is C39H49F2N3O5. The lowest BCUT2D eigenvalue weighted by atomic mass is 9.84. The number of aromatic nitrogens is 2. The van der Waals surface area contributed by atoms with Crippen molar-refractivity contribution < 1.29 is 33.0 Å². The Morgan fingerprint density at radius 2 is 1.73 bits per heavy atom. The van der Waals surface area contributed by atoms with Gasteiger partial charge in [0.15, 0.2) is 0 Å². The summed E-state index contributed by atoms with van der Waals surface area (Å²) >= 11 is 0. The summed E-state index contributed by atoms with van der Waals surface area (Å²) in [4.78, 5) is 30.0. The molecule has 2 aromatic heterocycles. The highest BCUT2D eigenvalue weighted by Crippen LogP contribution is 2.41. The largest absolute Gasteiger partial charge is 0.467 e. The molecule has 0 aliphatic carbocycles. The Morgan fingerprint density at radius 1 is 1.02 bits per heavy atom. The van der Waals surface area contributed by atoms with Crippen LogP contribution < -0.4 is 5.32 Å². The van der Waals surface area contributed by atoms with Gasteiger partial charge in [-0.15, -0.1) is 0 Å². The van der Waals surface area contributed by atoms with Crippen LogP contribution in [-0.4, -0.2) is 52.1 Å². The molecular weight excluding hydrogens is 628 g/mol. The smallest absolute Gasteiger partial charge is 0.408 e. The Morgan fingerprint density at radius 3 is 2.33 bits per heavy atom. The zero-order chi connectivity index (χ0) is 36.3.